The van der Waals surface area contributed by atoms with E-state index in [4.69, 9.17) is 10.8 Å². The van der Waals surface area contributed by atoms with E-state index in [1.54, 1.807) is 18.2 Å². The molecule has 0 bridgehead atoms. The Morgan fingerprint density at radius 1 is 1.39 bits per heavy atom. The Morgan fingerprint density at radius 2 is 2.06 bits per heavy atom. The van der Waals surface area contributed by atoms with Gasteiger partial charge in [0.1, 0.15) is 0 Å². The van der Waals surface area contributed by atoms with Crippen molar-refractivity contribution in [3.63, 3.8) is 0 Å². The highest BCUT2D eigenvalue weighted by molar-refractivity contribution is 5.87. The number of nitrogens with one attached hydrogen (secondary N) is 1. The molecule has 0 radical (unpaired) electrons. The zero-order valence-electron chi connectivity index (χ0n) is 10.5. The number of carbonyl (C=O) groups excluding carboxylic acids is 1. The molecule has 1 aromatic rings. The molecule has 0 saturated heterocycles. The first-order valence-corrected chi connectivity index (χ1v) is 5.76. The summed E-state index contributed by atoms with van der Waals surface area (Å²) < 4.78 is 0. The van der Waals surface area contributed by atoms with Gasteiger partial charge in [-0.2, -0.15) is 0 Å². The van der Waals surface area contributed by atoms with Gasteiger partial charge in [0, 0.05) is 6.54 Å². The Balaban J connectivity index is 2.70. The van der Waals surface area contributed by atoms with Gasteiger partial charge in [-0.05, 0) is 23.6 Å². The van der Waals surface area contributed by atoms with Crippen LogP contribution in [0.15, 0.2) is 24.3 Å². The minimum Gasteiger partial charge on any atom is -0.478 e. The summed E-state index contributed by atoms with van der Waals surface area (Å²) in [5.74, 6) is -1.28. The van der Waals surface area contributed by atoms with Gasteiger partial charge >= 0.3 is 5.97 Å². The number of primary amides is 1. The second-order valence-electron chi connectivity index (χ2n) is 4.51. The summed E-state index contributed by atoms with van der Waals surface area (Å²) in [7, 11) is 0. The van der Waals surface area contributed by atoms with Gasteiger partial charge in [0.2, 0.25) is 5.91 Å². The predicted octanol–water partition coefficient (Wildman–Crippen LogP) is 0.984. The molecule has 0 aliphatic heterocycles. The number of rotatable bonds is 6. The van der Waals surface area contributed by atoms with E-state index in [9.17, 15) is 9.59 Å². The molecule has 1 aromatic carbocycles. The SMILES string of the molecule is CC(C)C(NCc1cccc(C(=O)O)c1)C(N)=O. The van der Waals surface area contributed by atoms with E-state index in [2.05, 4.69) is 5.32 Å². The van der Waals surface area contributed by atoms with E-state index in [1.807, 2.05) is 13.8 Å². The zero-order chi connectivity index (χ0) is 13.7. The van der Waals surface area contributed by atoms with Crippen molar-refractivity contribution in [3.05, 3.63) is 35.4 Å². The largest absolute Gasteiger partial charge is 0.478 e. The highest BCUT2D eigenvalue weighted by Crippen LogP contribution is 2.07. The average Bonchev–Trinajstić information content (AvgIpc) is 2.28. The van der Waals surface area contributed by atoms with E-state index in [-0.39, 0.29) is 11.5 Å². The highest BCUT2D eigenvalue weighted by atomic mass is 16.4. The van der Waals surface area contributed by atoms with E-state index >= 15 is 0 Å². The van der Waals surface area contributed by atoms with Crippen molar-refractivity contribution in [3.8, 4) is 0 Å². The van der Waals surface area contributed by atoms with Crippen molar-refractivity contribution in [2.75, 3.05) is 0 Å². The van der Waals surface area contributed by atoms with Crippen LogP contribution in [0.2, 0.25) is 0 Å². The fourth-order valence-corrected chi connectivity index (χ4v) is 1.71. The van der Waals surface area contributed by atoms with Crippen LogP contribution in [0.3, 0.4) is 0 Å². The quantitative estimate of drug-likeness (QED) is 0.701. The molecule has 0 aromatic heterocycles. The van der Waals surface area contributed by atoms with Crippen molar-refractivity contribution in [1.29, 1.82) is 0 Å². The van der Waals surface area contributed by atoms with Crippen LogP contribution in [0.1, 0.15) is 29.8 Å². The maximum atomic E-state index is 11.2. The lowest BCUT2D eigenvalue weighted by Crippen LogP contribution is -2.44. The fourth-order valence-electron chi connectivity index (χ4n) is 1.71. The van der Waals surface area contributed by atoms with Crippen molar-refractivity contribution in [2.45, 2.75) is 26.4 Å². The minimum atomic E-state index is -0.966. The number of carboxylic acids is 1. The van der Waals surface area contributed by atoms with E-state index in [0.29, 0.717) is 6.54 Å². The van der Waals surface area contributed by atoms with Crippen LogP contribution in [-0.4, -0.2) is 23.0 Å². The summed E-state index contributed by atoms with van der Waals surface area (Å²) in [5.41, 5.74) is 6.32. The van der Waals surface area contributed by atoms with Crippen LogP contribution in [0.25, 0.3) is 0 Å². The number of carboxylic acid groups (broad SMARTS) is 1. The Morgan fingerprint density at radius 3 is 2.56 bits per heavy atom. The fraction of sp³-hybridized carbons (Fsp3) is 0.385. The Kier molecular flexibility index (Phi) is 4.85. The lowest BCUT2D eigenvalue weighted by atomic mass is 10.0. The Labute approximate surface area is 106 Å². The number of hydrogen-bond acceptors (Lipinski definition) is 3. The van der Waals surface area contributed by atoms with Crippen molar-refractivity contribution in [1.82, 2.24) is 5.32 Å². The number of amides is 1. The molecule has 0 spiro atoms. The minimum absolute atomic E-state index is 0.0881. The molecule has 5 heteroatoms. The molecule has 4 N–H and O–H groups in total. The van der Waals surface area contributed by atoms with Crippen LogP contribution in [0.5, 0.6) is 0 Å². The standard InChI is InChI=1S/C13H18N2O3/c1-8(2)11(12(14)16)15-7-9-4-3-5-10(6-9)13(17)18/h3-6,8,11,15H,7H2,1-2H3,(H2,14,16)(H,17,18). The molecule has 98 valence electrons. The van der Waals surface area contributed by atoms with Gasteiger partial charge in [-0.1, -0.05) is 26.0 Å². The monoisotopic (exact) mass is 250 g/mol. The molecule has 1 amide bonds. The average molecular weight is 250 g/mol. The molecule has 5 nitrogen and oxygen atoms in total. The Hall–Kier alpha value is -1.88. The molecular formula is C13H18N2O3. The van der Waals surface area contributed by atoms with Gasteiger partial charge < -0.3 is 16.2 Å². The third kappa shape index (κ3) is 3.85. The Bertz CT molecular complexity index is 444. The molecule has 0 saturated carbocycles. The van der Waals surface area contributed by atoms with E-state index in [0.717, 1.165) is 5.56 Å². The highest BCUT2D eigenvalue weighted by Gasteiger charge is 2.18. The molecule has 0 heterocycles. The summed E-state index contributed by atoms with van der Waals surface area (Å²) in [6, 6.07) is 6.17. The van der Waals surface area contributed by atoms with Gasteiger partial charge in [-0.25, -0.2) is 4.79 Å². The number of hydrogen-bond donors (Lipinski definition) is 3. The van der Waals surface area contributed by atoms with Gasteiger partial charge in [-0.15, -0.1) is 0 Å². The van der Waals surface area contributed by atoms with Crippen LogP contribution in [-0.2, 0) is 11.3 Å². The lowest BCUT2D eigenvalue weighted by molar-refractivity contribution is -0.121. The summed E-state index contributed by atoms with van der Waals surface area (Å²) in [5, 5.41) is 11.9. The summed E-state index contributed by atoms with van der Waals surface area (Å²) >= 11 is 0. The molecule has 18 heavy (non-hydrogen) atoms. The van der Waals surface area contributed by atoms with Gasteiger partial charge in [0.25, 0.3) is 0 Å². The van der Waals surface area contributed by atoms with Crippen molar-refractivity contribution >= 4 is 11.9 Å². The first-order chi connectivity index (χ1) is 8.41. The summed E-state index contributed by atoms with van der Waals surface area (Å²) in [6.07, 6.45) is 0. The van der Waals surface area contributed by atoms with Crippen LogP contribution < -0.4 is 11.1 Å². The summed E-state index contributed by atoms with van der Waals surface area (Å²) in [4.78, 5) is 22.0. The number of benzene rings is 1. The van der Waals surface area contributed by atoms with E-state index < -0.39 is 17.9 Å². The first kappa shape index (κ1) is 14.2. The van der Waals surface area contributed by atoms with Crippen LogP contribution in [0, 0.1) is 5.92 Å². The van der Waals surface area contributed by atoms with Crippen molar-refractivity contribution in [2.24, 2.45) is 11.7 Å². The van der Waals surface area contributed by atoms with Crippen molar-refractivity contribution < 1.29 is 14.7 Å². The van der Waals surface area contributed by atoms with E-state index in [1.165, 1.54) is 6.07 Å². The number of aromatic carboxylic acids is 1. The van der Waals surface area contributed by atoms with Gasteiger partial charge in [0.15, 0.2) is 0 Å². The van der Waals surface area contributed by atoms with Gasteiger partial charge in [-0.3, -0.25) is 4.79 Å². The molecule has 0 aliphatic carbocycles. The van der Waals surface area contributed by atoms with Crippen LogP contribution in [0.4, 0.5) is 0 Å². The third-order valence-corrected chi connectivity index (χ3v) is 2.67. The molecule has 0 aliphatic rings. The third-order valence-electron chi connectivity index (χ3n) is 2.67. The second kappa shape index (κ2) is 6.16. The summed E-state index contributed by atoms with van der Waals surface area (Å²) in [6.45, 7) is 4.21. The van der Waals surface area contributed by atoms with Crippen LogP contribution >= 0.6 is 0 Å². The predicted molar refractivity (Wildman–Crippen MR) is 68.1 cm³/mol. The normalized spacial score (nSPS) is 12.4. The first-order valence-electron chi connectivity index (χ1n) is 5.76. The molecular weight excluding hydrogens is 232 g/mol. The molecule has 0 fully saturated rings. The number of nitrogens with two attached hydrogens (primary N) is 1. The molecule has 1 rings (SSSR count). The topological polar surface area (TPSA) is 92.4 Å². The maximum Gasteiger partial charge on any atom is 0.335 e. The zero-order valence-corrected chi connectivity index (χ0v) is 10.5. The molecule has 1 atom stereocenters. The smallest absolute Gasteiger partial charge is 0.335 e. The molecule has 1 unspecified atom stereocenters. The number of carbonyl (C=O) groups is 2. The maximum absolute atomic E-state index is 11.2. The lowest BCUT2D eigenvalue weighted by Gasteiger charge is -2.19. The second-order valence-corrected chi connectivity index (χ2v) is 4.51. The van der Waals surface area contributed by atoms with Gasteiger partial charge in [0.05, 0.1) is 11.6 Å².